The highest BCUT2D eigenvalue weighted by atomic mass is 19.4. The Bertz CT molecular complexity index is 806. The number of nitro benzene ring substituents is 1. The summed E-state index contributed by atoms with van der Waals surface area (Å²) in [6.45, 7) is 2.53. The second-order valence-corrected chi connectivity index (χ2v) is 5.36. The molecule has 0 radical (unpaired) electrons. The lowest BCUT2D eigenvalue weighted by Gasteiger charge is -2.30. The Morgan fingerprint density at radius 1 is 1.16 bits per heavy atom. The molecule has 1 atom stereocenters. The van der Waals surface area contributed by atoms with Gasteiger partial charge >= 0.3 is 12.1 Å². The number of non-ortho nitro benzene ring substituents is 1. The van der Waals surface area contributed by atoms with Gasteiger partial charge in [-0.05, 0) is 31.2 Å². The highest BCUT2D eigenvalue weighted by Crippen LogP contribution is 2.37. The minimum atomic E-state index is -4.66. The molecule has 2 rings (SSSR count). The number of carbonyl (C=O) groups excluding carboxylic acids is 1. The van der Waals surface area contributed by atoms with Gasteiger partial charge in [-0.15, -0.1) is 0 Å². The molecule has 0 saturated heterocycles. The average molecular weight is 354 g/mol. The van der Waals surface area contributed by atoms with Crippen LogP contribution in [0.1, 0.15) is 30.7 Å². The van der Waals surface area contributed by atoms with Crippen molar-refractivity contribution in [3.8, 4) is 0 Å². The number of carbonyl (C=O) groups is 1. The normalized spacial score (nSPS) is 13.8. The number of esters is 1. The Hall–Kier alpha value is -2.97. The van der Waals surface area contributed by atoms with Gasteiger partial charge in [0.15, 0.2) is 5.60 Å². The number of hydrogen-bond acceptors (Lipinski definition) is 5. The molecule has 1 aromatic heterocycles. The third-order valence-corrected chi connectivity index (χ3v) is 3.58. The lowest BCUT2D eigenvalue weighted by molar-refractivity contribution is -0.384. The van der Waals surface area contributed by atoms with Crippen molar-refractivity contribution in [3.63, 3.8) is 0 Å². The van der Waals surface area contributed by atoms with Gasteiger partial charge in [0, 0.05) is 36.4 Å². The zero-order chi connectivity index (χ0) is 18.8. The van der Waals surface area contributed by atoms with Crippen molar-refractivity contribution in [1.29, 1.82) is 0 Å². The van der Waals surface area contributed by atoms with Crippen LogP contribution >= 0.6 is 0 Å². The molecular weight excluding hydrogens is 341 g/mol. The van der Waals surface area contributed by atoms with Gasteiger partial charge in [-0.3, -0.25) is 19.9 Å². The van der Waals surface area contributed by atoms with Crippen molar-refractivity contribution < 1.29 is 27.6 Å². The average Bonchev–Trinajstić information content (AvgIpc) is 2.53. The van der Waals surface area contributed by atoms with Gasteiger partial charge in [0.25, 0.3) is 5.69 Å². The molecule has 0 bridgehead atoms. The summed E-state index contributed by atoms with van der Waals surface area (Å²) in [5.74, 6) is -0.716. The van der Waals surface area contributed by atoms with Gasteiger partial charge in [0.2, 0.25) is 0 Å². The molecule has 0 aliphatic rings. The molecule has 0 amide bonds. The van der Waals surface area contributed by atoms with Crippen molar-refractivity contribution >= 4 is 11.7 Å². The number of alkyl halides is 3. The van der Waals surface area contributed by atoms with E-state index in [0.717, 1.165) is 19.2 Å². The predicted molar refractivity (Wildman–Crippen MR) is 80.6 cm³/mol. The monoisotopic (exact) mass is 354 g/mol. The van der Waals surface area contributed by atoms with Crippen LogP contribution in [0.3, 0.4) is 0 Å². The second-order valence-electron chi connectivity index (χ2n) is 5.36. The maximum Gasteiger partial charge on any atom is 0.433 e. The number of ether oxygens (including phenoxy) is 1. The Kier molecular flexibility index (Phi) is 4.78. The molecule has 9 heteroatoms. The topological polar surface area (TPSA) is 82.3 Å². The molecule has 0 saturated carbocycles. The van der Waals surface area contributed by atoms with Crippen LogP contribution in [0.4, 0.5) is 18.9 Å². The predicted octanol–water partition coefficient (Wildman–Crippen LogP) is 3.84. The van der Waals surface area contributed by atoms with Crippen molar-refractivity contribution in [2.24, 2.45) is 0 Å². The summed E-state index contributed by atoms with van der Waals surface area (Å²) in [5, 5.41) is 10.8. The van der Waals surface area contributed by atoms with Crippen LogP contribution in [0.15, 0.2) is 42.6 Å². The first-order chi connectivity index (χ1) is 11.5. The van der Waals surface area contributed by atoms with Crippen LogP contribution in [0.25, 0.3) is 0 Å². The number of pyridine rings is 1. The number of benzene rings is 1. The summed E-state index contributed by atoms with van der Waals surface area (Å²) >= 11 is 0. The molecule has 0 spiro atoms. The molecular formula is C16H13F3N2O4. The van der Waals surface area contributed by atoms with Crippen molar-refractivity contribution in [2.45, 2.75) is 25.6 Å². The Balaban J connectivity index is 2.58. The fourth-order valence-corrected chi connectivity index (χ4v) is 2.36. The van der Waals surface area contributed by atoms with Gasteiger partial charge in [0.1, 0.15) is 5.69 Å². The Morgan fingerprint density at radius 3 is 2.24 bits per heavy atom. The van der Waals surface area contributed by atoms with Crippen LogP contribution < -0.4 is 0 Å². The van der Waals surface area contributed by atoms with E-state index in [1.807, 2.05) is 0 Å². The SMILES string of the molecule is CC(=O)OC(C)(c1ccc([N+](=O)[O-])cc1)c1ccnc(C(F)(F)F)c1. The van der Waals surface area contributed by atoms with E-state index < -0.39 is 28.4 Å². The maximum atomic E-state index is 12.9. The lowest BCUT2D eigenvalue weighted by atomic mass is 9.87. The number of hydrogen-bond donors (Lipinski definition) is 0. The number of aromatic nitrogens is 1. The molecule has 1 aromatic carbocycles. The van der Waals surface area contributed by atoms with Crippen molar-refractivity contribution in [1.82, 2.24) is 4.98 Å². The molecule has 0 fully saturated rings. The minimum absolute atomic E-state index is 0.0406. The molecule has 132 valence electrons. The second kappa shape index (κ2) is 6.50. The molecule has 1 heterocycles. The molecule has 0 aliphatic heterocycles. The van der Waals surface area contributed by atoms with Crippen LogP contribution in [-0.2, 0) is 21.3 Å². The Labute approximate surface area is 140 Å². The fourth-order valence-electron chi connectivity index (χ4n) is 2.36. The van der Waals surface area contributed by atoms with Crippen molar-refractivity contribution in [2.75, 3.05) is 0 Å². The fraction of sp³-hybridized carbons (Fsp3) is 0.250. The molecule has 6 nitrogen and oxygen atoms in total. The minimum Gasteiger partial charge on any atom is -0.450 e. The van der Waals surface area contributed by atoms with Crippen molar-refractivity contribution in [3.05, 3.63) is 69.5 Å². The number of nitro groups is 1. The van der Waals surface area contributed by atoms with E-state index in [-0.39, 0.29) is 16.8 Å². The first-order valence-electron chi connectivity index (χ1n) is 7.02. The van der Waals surface area contributed by atoms with Crippen LogP contribution in [-0.4, -0.2) is 15.9 Å². The van der Waals surface area contributed by atoms with Gasteiger partial charge < -0.3 is 4.74 Å². The van der Waals surface area contributed by atoms with Gasteiger partial charge in [-0.1, -0.05) is 0 Å². The third-order valence-electron chi connectivity index (χ3n) is 3.58. The Morgan fingerprint density at radius 2 is 1.76 bits per heavy atom. The van der Waals surface area contributed by atoms with Crippen LogP contribution in [0, 0.1) is 10.1 Å². The largest absolute Gasteiger partial charge is 0.450 e. The zero-order valence-corrected chi connectivity index (χ0v) is 13.2. The molecule has 0 N–H and O–H groups in total. The summed E-state index contributed by atoms with van der Waals surface area (Å²) in [6.07, 6.45) is -3.70. The first kappa shape index (κ1) is 18.4. The maximum absolute atomic E-state index is 12.9. The standard InChI is InChI=1S/C16H13F3N2O4/c1-10(22)25-15(2,11-3-5-13(6-4-11)21(23)24)12-7-8-20-14(9-12)16(17,18)19/h3-9H,1-2H3. The summed E-state index contributed by atoms with van der Waals surface area (Å²) in [7, 11) is 0. The van der Waals surface area contributed by atoms with Gasteiger partial charge in [0.05, 0.1) is 4.92 Å². The van der Waals surface area contributed by atoms with E-state index in [9.17, 15) is 28.1 Å². The van der Waals surface area contributed by atoms with E-state index in [0.29, 0.717) is 0 Å². The summed E-state index contributed by atoms with van der Waals surface area (Å²) < 4.78 is 44.0. The van der Waals surface area contributed by atoms with E-state index in [1.54, 1.807) is 0 Å². The molecule has 0 aliphatic carbocycles. The van der Waals surface area contributed by atoms with Gasteiger partial charge in [-0.2, -0.15) is 13.2 Å². The number of rotatable bonds is 4. The zero-order valence-electron chi connectivity index (χ0n) is 13.2. The smallest absolute Gasteiger partial charge is 0.433 e. The third kappa shape index (κ3) is 3.93. The lowest BCUT2D eigenvalue weighted by Crippen LogP contribution is -2.30. The van der Waals surface area contributed by atoms with E-state index in [1.165, 1.54) is 37.3 Å². The summed E-state index contributed by atoms with van der Waals surface area (Å²) in [6, 6.07) is 7.10. The number of halogens is 3. The van der Waals surface area contributed by atoms with Crippen LogP contribution in [0.5, 0.6) is 0 Å². The van der Waals surface area contributed by atoms with E-state index in [4.69, 9.17) is 4.74 Å². The highest BCUT2D eigenvalue weighted by molar-refractivity contribution is 5.67. The van der Waals surface area contributed by atoms with Crippen LogP contribution in [0.2, 0.25) is 0 Å². The molecule has 1 unspecified atom stereocenters. The molecule has 25 heavy (non-hydrogen) atoms. The summed E-state index contributed by atoms with van der Waals surface area (Å²) in [5.41, 5.74) is -2.57. The van der Waals surface area contributed by atoms with Gasteiger partial charge in [-0.25, -0.2) is 0 Å². The molecule has 2 aromatic rings. The number of nitrogens with zero attached hydrogens (tertiary/aromatic N) is 2. The van der Waals surface area contributed by atoms with E-state index in [2.05, 4.69) is 4.98 Å². The van der Waals surface area contributed by atoms with E-state index >= 15 is 0 Å². The highest BCUT2D eigenvalue weighted by Gasteiger charge is 2.37. The summed E-state index contributed by atoms with van der Waals surface area (Å²) in [4.78, 5) is 24.9. The first-order valence-corrected chi connectivity index (χ1v) is 7.02. The quantitative estimate of drug-likeness (QED) is 0.473.